The van der Waals surface area contributed by atoms with Crippen LogP contribution < -0.4 is 15.0 Å². The van der Waals surface area contributed by atoms with Gasteiger partial charge in [0.05, 0.1) is 12.8 Å². The average Bonchev–Trinajstić information content (AvgIpc) is 3.15. The van der Waals surface area contributed by atoms with Gasteiger partial charge in [0.15, 0.2) is 0 Å². The van der Waals surface area contributed by atoms with Gasteiger partial charge in [0.2, 0.25) is 5.95 Å². The number of rotatable bonds is 4. The Balaban J connectivity index is 1.60. The van der Waals surface area contributed by atoms with Crippen molar-refractivity contribution in [2.75, 3.05) is 23.9 Å². The number of halogens is 1. The summed E-state index contributed by atoms with van der Waals surface area (Å²) in [5.74, 6) is 0.666. The molecule has 7 heteroatoms. The van der Waals surface area contributed by atoms with E-state index in [2.05, 4.69) is 21.4 Å². The van der Waals surface area contributed by atoms with Gasteiger partial charge in [-0.2, -0.15) is 0 Å². The summed E-state index contributed by atoms with van der Waals surface area (Å²) in [4.78, 5) is 23.7. The predicted molar refractivity (Wildman–Crippen MR) is 110 cm³/mol. The monoisotopic (exact) mass is 394 g/mol. The van der Waals surface area contributed by atoms with E-state index >= 15 is 0 Å². The second kappa shape index (κ2) is 7.48. The molecule has 0 radical (unpaired) electrons. The van der Waals surface area contributed by atoms with Crippen LogP contribution in [-0.2, 0) is 6.42 Å². The van der Waals surface area contributed by atoms with Crippen molar-refractivity contribution < 1.29 is 9.53 Å². The van der Waals surface area contributed by atoms with Crippen molar-refractivity contribution >= 4 is 34.8 Å². The fourth-order valence-corrected chi connectivity index (χ4v) is 3.42. The minimum absolute atomic E-state index is 0.282. The van der Waals surface area contributed by atoms with Gasteiger partial charge >= 0.3 is 0 Å². The molecule has 0 bridgehead atoms. The van der Waals surface area contributed by atoms with E-state index in [-0.39, 0.29) is 11.6 Å². The highest BCUT2D eigenvalue weighted by atomic mass is 35.5. The minimum Gasteiger partial charge on any atom is -0.495 e. The van der Waals surface area contributed by atoms with E-state index in [4.69, 9.17) is 16.3 Å². The van der Waals surface area contributed by atoms with Crippen LogP contribution in [0.5, 0.6) is 5.75 Å². The van der Waals surface area contributed by atoms with Gasteiger partial charge in [0.25, 0.3) is 5.91 Å². The van der Waals surface area contributed by atoms with Crippen molar-refractivity contribution in [3.05, 3.63) is 70.5 Å². The molecule has 0 unspecified atom stereocenters. The summed E-state index contributed by atoms with van der Waals surface area (Å²) in [5, 5.41) is 3.43. The molecule has 0 spiro atoms. The molecule has 6 nitrogen and oxygen atoms in total. The summed E-state index contributed by atoms with van der Waals surface area (Å²) < 4.78 is 5.32. The quantitative estimate of drug-likeness (QED) is 0.710. The molecular formula is C21H19ClN4O2. The molecular weight excluding hydrogens is 376 g/mol. The van der Waals surface area contributed by atoms with Gasteiger partial charge in [-0.1, -0.05) is 29.8 Å². The topological polar surface area (TPSA) is 67.3 Å². The van der Waals surface area contributed by atoms with Gasteiger partial charge in [-0.15, -0.1) is 0 Å². The van der Waals surface area contributed by atoms with Crippen molar-refractivity contribution in [1.29, 1.82) is 0 Å². The third kappa shape index (κ3) is 3.39. The number of carbonyl (C=O) groups is 1. The minimum atomic E-state index is -0.337. The maximum atomic E-state index is 12.8. The number of carbonyl (C=O) groups excluding carboxylic acids is 1. The second-order valence-electron chi connectivity index (χ2n) is 6.53. The highest BCUT2D eigenvalue weighted by molar-refractivity contribution is 6.31. The van der Waals surface area contributed by atoms with Crippen molar-refractivity contribution in [2.24, 2.45) is 0 Å². The number of fused-ring (bicyclic) bond motifs is 1. The molecule has 2 heterocycles. The van der Waals surface area contributed by atoms with E-state index in [1.54, 1.807) is 24.4 Å². The van der Waals surface area contributed by atoms with Crippen molar-refractivity contribution in [2.45, 2.75) is 13.3 Å². The molecule has 3 aromatic rings. The van der Waals surface area contributed by atoms with Crippen LogP contribution in [0.4, 0.5) is 17.3 Å². The SMILES string of the molecule is COc1cc(Cl)c(C)cc1NC(=O)c1ccnc(N2CCc3ccccc32)n1. The molecule has 1 N–H and O–H groups in total. The zero-order valence-electron chi connectivity index (χ0n) is 15.6. The number of anilines is 3. The molecule has 1 aliphatic rings. The van der Waals surface area contributed by atoms with Crippen LogP contribution in [0.3, 0.4) is 0 Å². The van der Waals surface area contributed by atoms with Crippen LogP contribution >= 0.6 is 11.6 Å². The van der Waals surface area contributed by atoms with Gasteiger partial charge in [-0.25, -0.2) is 9.97 Å². The summed E-state index contributed by atoms with van der Waals surface area (Å²) in [6.07, 6.45) is 2.53. The smallest absolute Gasteiger partial charge is 0.274 e. The molecule has 4 rings (SSSR count). The molecule has 1 aliphatic heterocycles. The first-order valence-electron chi connectivity index (χ1n) is 8.91. The number of nitrogens with one attached hydrogen (secondary N) is 1. The molecule has 2 aromatic carbocycles. The number of hydrogen-bond acceptors (Lipinski definition) is 5. The number of benzene rings is 2. The van der Waals surface area contributed by atoms with Gasteiger partial charge < -0.3 is 15.0 Å². The van der Waals surface area contributed by atoms with Crippen molar-refractivity contribution in [3.63, 3.8) is 0 Å². The first-order valence-corrected chi connectivity index (χ1v) is 9.28. The van der Waals surface area contributed by atoms with Crippen LogP contribution in [-0.4, -0.2) is 29.5 Å². The Labute approximate surface area is 168 Å². The van der Waals surface area contributed by atoms with Gasteiger partial charge in [0, 0.05) is 29.5 Å². The van der Waals surface area contributed by atoms with Crippen LogP contribution in [0.25, 0.3) is 0 Å². The fourth-order valence-electron chi connectivity index (χ4n) is 3.27. The van der Waals surface area contributed by atoms with Crippen LogP contribution in [0.2, 0.25) is 5.02 Å². The number of amides is 1. The lowest BCUT2D eigenvalue weighted by atomic mass is 10.2. The standard InChI is InChI=1S/C21H19ClN4O2/c1-13-11-17(19(28-2)12-15(13)22)24-20(27)16-7-9-23-21(25-16)26-10-8-14-5-3-4-6-18(14)26/h3-7,9,11-12H,8,10H2,1-2H3,(H,24,27). The number of aryl methyl sites for hydroxylation is 1. The molecule has 0 fully saturated rings. The number of hydrogen-bond donors (Lipinski definition) is 1. The molecule has 1 amide bonds. The van der Waals surface area contributed by atoms with Crippen LogP contribution in [0, 0.1) is 6.92 Å². The van der Waals surface area contributed by atoms with E-state index in [1.807, 2.05) is 30.0 Å². The Hall–Kier alpha value is -3.12. The highest BCUT2D eigenvalue weighted by Gasteiger charge is 2.23. The molecule has 0 atom stereocenters. The lowest BCUT2D eigenvalue weighted by Crippen LogP contribution is -2.20. The average molecular weight is 395 g/mol. The third-order valence-corrected chi connectivity index (χ3v) is 5.14. The Kier molecular flexibility index (Phi) is 4.88. The first-order chi connectivity index (χ1) is 13.6. The van der Waals surface area contributed by atoms with E-state index in [0.717, 1.165) is 24.2 Å². The summed E-state index contributed by atoms with van der Waals surface area (Å²) >= 11 is 6.13. The normalized spacial score (nSPS) is 12.6. The number of methoxy groups -OCH3 is 1. The molecule has 0 aliphatic carbocycles. The van der Waals surface area contributed by atoms with Gasteiger partial charge in [-0.05, 0) is 42.7 Å². The van der Waals surface area contributed by atoms with E-state index in [0.29, 0.717) is 22.4 Å². The van der Waals surface area contributed by atoms with Crippen LogP contribution in [0.1, 0.15) is 21.6 Å². The second-order valence-corrected chi connectivity index (χ2v) is 6.94. The number of aromatic nitrogens is 2. The van der Waals surface area contributed by atoms with E-state index < -0.39 is 0 Å². The summed E-state index contributed by atoms with van der Waals surface area (Å²) in [6.45, 7) is 2.65. The van der Waals surface area contributed by atoms with Gasteiger partial charge in [0.1, 0.15) is 11.4 Å². The summed E-state index contributed by atoms with van der Waals surface area (Å²) in [6, 6.07) is 13.2. The van der Waals surface area contributed by atoms with Crippen LogP contribution in [0.15, 0.2) is 48.7 Å². The number of para-hydroxylation sites is 1. The Morgan fingerprint density at radius 1 is 1.25 bits per heavy atom. The summed E-state index contributed by atoms with van der Waals surface area (Å²) in [7, 11) is 1.53. The summed E-state index contributed by atoms with van der Waals surface area (Å²) in [5.41, 5.74) is 4.00. The Morgan fingerprint density at radius 2 is 2.07 bits per heavy atom. The molecule has 0 saturated carbocycles. The predicted octanol–water partition coefficient (Wildman–Crippen LogP) is 4.39. The fraction of sp³-hybridized carbons (Fsp3) is 0.190. The van der Waals surface area contributed by atoms with Crippen molar-refractivity contribution in [1.82, 2.24) is 9.97 Å². The van der Waals surface area contributed by atoms with Crippen molar-refractivity contribution in [3.8, 4) is 5.75 Å². The maximum Gasteiger partial charge on any atom is 0.274 e. The van der Waals surface area contributed by atoms with E-state index in [9.17, 15) is 4.79 Å². The van der Waals surface area contributed by atoms with Gasteiger partial charge in [-0.3, -0.25) is 4.79 Å². The lowest BCUT2D eigenvalue weighted by molar-refractivity contribution is 0.102. The molecule has 0 saturated heterocycles. The highest BCUT2D eigenvalue weighted by Crippen LogP contribution is 2.33. The third-order valence-electron chi connectivity index (χ3n) is 4.73. The van der Waals surface area contributed by atoms with E-state index in [1.165, 1.54) is 12.7 Å². The molecule has 142 valence electrons. The Morgan fingerprint density at radius 3 is 2.89 bits per heavy atom. The largest absolute Gasteiger partial charge is 0.495 e. The Bertz CT molecular complexity index is 1050. The molecule has 1 aromatic heterocycles. The lowest BCUT2D eigenvalue weighted by Gasteiger charge is -2.17. The zero-order valence-corrected chi connectivity index (χ0v) is 16.3. The first kappa shape index (κ1) is 18.3. The zero-order chi connectivity index (χ0) is 19.7. The number of ether oxygens (including phenoxy) is 1. The number of nitrogens with zero attached hydrogens (tertiary/aromatic N) is 3. The maximum absolute atomic E-state index is 12.8. The molecule has 28 heavy (non-hydrogen) atoms.